The van der Waals surface area contributed by atoms with Crippen molar-refractivity contribution in [2.75, 3.05) is 32.1 Å². The lowest BCUT2D eigenvalue weighted by Crippen LogP contribution is -2.43. The van der Waals surface area contributed by atoms with E-state index in [-0.39, 0.29) is 5.91 Å². The summed E-state index contributed by atoms with van der Waals surface area (Å²) in [5, 5.41) is 3.28. The van der Waals surface area contributed by atoms with E-state index in [2.05, 4.69) is 17.2 Å². The number of likely N-dealkylation sites (tertiary alicyclic amines) is 1. The molecule has 0 radical (unpaired) electrons. The van der Waals surface area contributed by atoms with Crippen molar-refractivity contribution in [3.8, 4) is 11.5 Å². The molecule has 0 aliphatic carbocycles. The van der Waals surface area contributed by atoms with Crippen molar-refractivity contribution in [2.45, 2.75) is 38.6 Å². The van der Waals surface area contributed by atoms with Crippen molar-refractivity contribution < 1.29 is 14.3 Å². The van der Waals surface area contributed by atoms with Gasteiger partial charge >= 0.3 is 0 Å². The summed E-state index contributed by atoms with van der Waals surface area (Å²) in [7, 11) is 1.64. The third kappa shape index (κ3) is 5.15. The lowest BCUT2D eigenvalue weighted by molar-refractivity contribution is 0.0607. The van der Waals surface area contributed by atoms with Gasteiger partial charge in [0.25, 0.3) is 5.91 Å². The molecule has 2 aromatic rings. The van der Waals surface area contributed by atoms with Crippen molar-refractivity contribution >= 4 is 11.6 Å². The van der Waals surface area contributed by atoms with Gasteiger partial charge in [-0.1, -0.05) is 6.92 Å². The molecule has 1 aromatic heterocycles. The maximum absolute atomic E-state index is 12.9. The molecular formula is C22H29N3O3. The second kappa shape index (κ2) is 9.97. The van der Waals surface area contributed by atoms with Crippen LogP contribution in [0.1, 0.15) is 43.0 Å². The Balaban J connectivity index is 1.52. The van der Waals surface area contributed by atoms with Crippen LogP contribution in [-0.2, 0) is 0 Å². The normalized spacial score (nSPS) is 16.5. The Hall–Kier alpha value is -2.76. The Kier molecular flexibility index (Phi) is 7.12. The first-order valence-corrected chi connectivity index (χ1v) is 9.98. The van der Waals surface area contributed by atoms with Crippen LogP contribution in [0.4, 0.5) is 5.69 Å². The molecule has 1 saturated heterocycles. The van der Waals surface area contributed by atoms with E-state index in [0.717, 1.165) is 43.0 Å². The van der Waals surface area contributed by atoms with E-state index in [0.29, 0.717) is 24.8 Å². The fourth-order valence-corrected chi connectivity index (χ4v) is 3.55. The minimum absolute atomic E-state index is 0.0807. The first-order chi connectivity index (χ1) is 13.7. The molecule has 1 aliphatic rings. The van der Waals surface area contributed by atoms with E-state index in [1.165, 1.54) is 6.42 Å². The van der Waals surface area contributed by atoms with Crippen molar-refractivity contribution in [2.24, 2.45) is 0 Å². The molecule has 1 atom stereocenters. The number of hydrogen-bond acceptors (Lipinski definition) is 5. The molecule has 0 bridgehead atoms. The zero-order valence-electron chi connectivity index (χ0n) is 16.7. The summed E-state index contributed by atoms with van der Waals surface area (Å²) in [6.07, 6.45) is 7.77. The van der Waals surface area contributed by atoms with Gasteiger partial charge in [-0.25, -0.2) is 0 Å². The summed E-state index contributed by atoms with van der Waals surface area (Å²) in [6.45, 7) is 4.11. The fourth-order valence-electron chi connectivity index (χ4n) is 3.55. The van der Waals surface area contributed by atoms with Crippen molar-refractivity contribution in [3.05, 3.63) is 48.3 Å². The van der Waals surface area contributed by atoms with Crippen LogP contribution in [0.5, 0.6) is 11.5 Å². The molecule has 1 N–H and O–H groups in total. The highest BCUT2D eigenvalue weighted by molar-refractivity contribution is 5.95. The quantitative estimate of drug-likeness (QED) is 0.699. The van der Waals surface area contributed by atoms with Gasteiger partial charge in [-0.3, -0.25) is 9.78 Å². The molecule has 6 heteroatoms. The minimum atomic E-state index is 0.0807. The van der Waals surface area contributed by atoms with Crippen molar-refractivity contribution in [1.29, 1.82) is 0 Å². The van der Waals surface area contributed by atoms with Crippen LogP contribution in [-0.4, -0.2) is 48.6 Å². The van der Waals surface area contributed by atoms with Gasteiger partial charge in [-0.05, 0) is 56.0 Å². The number of hydrogen-bond donors (Lipinski definition) is 1. The Bertz CT molecular complexity index is 764. The average molecular weight is 383 g/mol. The third-order valence-corrected chi connectivity index (χ3v) is 5.10. The second-order valence-electron chi connectivity index (χ2n) is 6.97. The van der Waals surface area contributed by atoms with Crippen LogP contribution < -0.4 is 14.8 Å². The Labute approximate surface area is 166 Å². The molecular weight excluding hydrogens is 354 g/mol. The number of ether oxygens (including phenoxy) is 2. The van der Waals surface area contributed by atoms with Gasteiger partial charge in [0.15, 0.2) is 0 Å². The van der Waals surface area contributed by atoms with Crippen molar-refractivity contribution in [1.82, 2.24) is 9.88 Å². The van der Waals surface area contributed by atoms with Crippen LogP contribution in [0, 0.1) is 0 Å². The Morgan fingerprint density at radius 2 is 2.00 bits per heavy atom. The summed E-state index contributed by atoms with van der Waals surface area (Å²) >= 11 is 0. The van der Waals surface area contributed by atoms with E-state index in [4.69, 9.17) is 9.47 Å². The van der Waals surface area contributed by atoms with E-state index in [9.17, 15) is 4.79 Å². The minimum Gasteiger partial charge on any atom is -0.497 e. The molecule has 0 spiro atoms. The first kappa shape index (κ1) is 20.0. The number of nitrogens with one attached hydrogen (secondary N) is 1. The highest BCUT2D eigenvalue weighted by Crippen LogP contribution is 2.22. The monoisotopic (exact) mass is 383 g/mol. The van der Waals surface area contributed by atoms with Crippen LogP contribution in [0.2, 0.25) is 0 Å². The third-order valence-electron chi connectivity index (χ3n) is 5.10. The predicted molar refractivity (Wildman–Crippen MR) is 110 cm³/mol. The van der Waals surface area contributed by atoms with Crippen LogP contribution in [0.25, 0.3) is 0 Å². The smallest absolute Gasteiger partial charge is 0.255 e. The molecule has 1 amide bonds. The molecule has 150 valence electrons. The summed E-state index contributed by atoms with van der Waals surface area (Å²) in [6, 6.07) is 9.71. The molecule has 1 unspecified atom stereocenters. The van der Waals surface area contributed by atoms with Gasteiger partial charge in [0, 0.05) is 31.5 Å². The standard InChI is InChI=1S/C22H29N3O3/c1-3-19-6-4-5-12-25(19)22(26)17-14-18(16-23-15-17)24-11-13-28-21-9-7-20(27-2)8-10-21/h7-10,14-16,19,24H,3-6,11-13H2,1-2H3. The number of nitrogens with zero attached hydrogens (tertiary/aromatic N) is 2. The van der Waals surface area contributed by atoms with Gasteiger partial charge in [-0.2, -0.15) is 0 Å². The SMILES string of the molecule is CCC1CCCCN1C(=O)c1cncc(NCCOc2ccc(OC)cc2)c1. The number of benzene rings is 1. The van der Waals surface area contributed by atoms with Crippen LogP contribution in [0.15, 0.2) is 42.7 Å². The van der Waals surface area contributed by atoms with E-state index < -0.39 is 0 Å². The predicted octanol–water partition coefficient (Wildman–Crippen LogP) is 3.99. The number of carbonyl (C=O) groups is 1. The number of aromatic nitrogens is 1. The van der Waals surface area contributed by atoms with Crippen LogP contribution >= 0.6 is 0 Å². The number of piperidine rings is 1. The summed E-state index contributed by atoms with van der Waals surface area (Å²) in [4.78, 5) is 19.2. The number of amides is 1. The van der Waals surface area contributed by atoms with Gasteiger partial charge in [0.1, 0.15) is 18.1 Å². The zero-order chi connectivity index (χ0) is 19.8. The Morgan fingerprint density at radius 1 is 1.21 bits per heavy atom. The number of rotatable bonds is 8. The zero-order valence-corrected chi connectivity index (χ0v) is 16.7. The fraction of sp³-hybridized carbons (Fsp3) is 0.455. The van der Waals surface area contributed by atoms with Gasteiger partial charge in [0.05, 0.1) is 18.4 Å². The topological polar surface area (TPSA) is 63.7 Å². The summed E-state index contributed by atoms with van der Waals surface area (Å²) < 4.78 is 10.8. The molecule has 3 rings (SSSR count). The molecule has 28 heavy (non-hydrogen) atoms. The number of anilines is 1. The van der Waals surface area contributed by atoms with Crippen molar-refractivity contribution in [3.63, 3.8) is 0 Å². The maximum atomic E-state index is 12.9. The van der Waals surface area contributed by atoms with Gasteiger partial charge < -0.3 is 19.7 Å². The summed E-state index contributed by atoms with van der Waals surface area (Å²) in [5.74, 6) is 1.68. The number of pyridine rings is 1. The highest BCUT2D eigenvalue weighted by Gasteiger charge is 2.26. The molecule has 2 heterocycles. The lowest BCUT2D eigenvalue weighted by atomic mass is 9.99. The maximum Gasteiger partial charge on any atom is 0.255 e. The van der Waals surface area contributed by atoms with E-state index >= 15 is 0 Å². The molecule has 6 nitrogen and oxygen atoms in total. The largest absolute Gasteiger partial charge is 0.497 e. The van der Waals surface area contributed by atoms with Crippen LogP contribution in [0.3, 0.4) is 0 Å². The molecule has 1 aromatic carbocycles. The van der Waals surface area contributed by atoms with Gasteiger partial charge in [0.2, 0.25) is 0 Å². The summed E-state index contributed by atoms with van der Waals surface area (Å²) in [5.41, 5.74) is 1.47. The van der Waals surface area contributed by atoms with Gasteiger partial charge in [-0.15, -0.1) is 0 Å². The first-order valence-electron chi connectivity index (χ1n) is 9.98. The Morgan fingerprint density at radius 3 is 2.75 bits per heavy atom. The lowest BCUT2D eigenvalue weighted by Gasteiger charge is -2.35. The number of carbonyl (C=O) groups excluding carboxylic acids is 1. The number of methoxy groups -OCH3 is 1. The van der Waals surface area contributed by atoms with E-state index in [1.54, 1.807) is 19.5 Å². The molecule has 1 fully saturated rings. The molecule has 0 saturated carbocycles. The highest BCUT2D eigenvalue weighted by atomic mass is 16.5. The molecule has 1 aliphatic heterocycles. The average Bonchev–Trinajstić information content (AvgIpc) is 2.76. The second-order valence-corrected chi connectivity index (χ2v) is 6.97. The van der Waals surface area contributed by atoms with E-state index in [1.807, 2.05) is 35.2 Å².